The average Bonchev–Trinajstić information content (AvgIpc) is 3.08. The monoisotopic (exact) mass is 276 g/mol. The lowest BCUT2D eigenvalue weighted by Crippen LogP contribution is -2.40. The van der Waals surface area contributed by atoms with Crippen molar-refractivity contribution >= 4 is 0 Å². The minimum atomic E-state index is -0.164. The molecular formula is C16H21FN2O. The molecule has 4 rings (SSSR count). The van der Waals surface area contributed by atoms with Crippen LogP contribution in [0.25, 0.3) is 0 Å². The van der Waals surface area contributed by atoms with Gasteiger partial charge in [-0.15, -0.1) is 0 Å². The van der Waals surface area contributed by atoms with Gasteiger partial charge in [0, 0.05) is 31.1 Å². The number of fused-ring (bicyclic) bond motifs is 2. The van der Waals surface area contributed by atoms with Crippen LogP contribution < -0.4 is 10.1 Å². The Kier molecular flexibility index (Phi) is 2.97. The number of halogens is 1. The van der Waals surface area contributed by atoms with Crippen molar-refractivity contribution in [2.75, 3.05) is 26.2 Å². The zero-order valence-corrected chi connectivity index (χ0v) is 11.8. The van der Waals surface area contributed by atoms with Crippen molar-refractivity contribution in [2.24, 2.45) is 11.8 Å². The first-order valence-corrected chi connectivity index (χ1v) is 7.60. The van der Waals surface area contributed by atoms with Crippen molar-refractivity contribution < 1.29 is 9.13 Å². The topological polar surface area (TPSA) is 24.5 Å². The minimum absolute atomic E-state index is 0.164. The van der Waals surface area contributed by atoms with E-state index in [2.05, 4.69) is 17.1 Å². The normalized spacial score (nSPS) is 35.9. The standard InChI is InChI=1S/C16H21FN2O/c1-10-15-7-18-6-12(15)8-19(10)9-14-5-11-4-13(17)2-3-16(11)20-14/h2-4,10,12,14-15,18H,5-9H2,1H3. The van der Waals surface area contributed by atoms with Crippen molar-refractivity contribution in [3.63, 3.8) is 0 Å². The fraction of sp³-hybridized carbons (Fsp3) is 0.625. The zero-order valence-electron chi connectivity index (χ0n) is 11.8. The van der Waals surface area contributed by atoms with Gasteiger partial charge in [0.05, 0.1) is 0 Å². The maximum absolute atomic E-state index is 13.2. The number of rotatable bonds is 2. The number of nitrogens with zero attached hydrogens (tertiary/aromatic N) is 1. The molecule has 3 nitrogen and oxygen atoms in total. The van der Waals surface area contributed by atoms with Gasteiger partial charge < -0.3 is 10.1 Å². The summed E-state index contributed by atoms with van der Waals surface area (Å²) in [5.41, 5.74) is 1.02. The van der Waals surface area contributed by atoms with Crippen LogP contribution in [0.4, 0.5) is 4.39 Å². The molecular weight excluding hydrogens is 255 g/mol. The van der Waals surface area contributed by atoms with Crippen LogP contribution in [0.3, 0.4) is 0 Å². The first-order chi connectivity index (χ1) is 9.70. The highest BCUT2D eigenvalue weighted by molar-refractivity contribution is 5.38. The second-order valence-electron chi connectivity index (χ2n) is 6.47. The summed E-state index contributed by atoms with van der Waals surface area (Å²) in [7, 11) is 0. The Hall–Kier alpha value is -1.13. The fourth-order valence-corrected chi connectivity index (χ4v) is 4.15. The number of ether oxygens (including phenoxy) is 1. The molecule has 0 saturated carbocycles. The van der Waals surface area contributed by atoms with Crippen LogP contribution in [0.1, 0.15) is 12.5 Å². The predicted octanol–water partition coefficient (Wildman–Crippen LogP) is 1.67. The molecule has 0 aromatic heterocycles. The van der Waals surface area contributed by atoms with Gasteiger partial charge in [-0.2, -0.15) is 0 Å². The summed E-state index contributed by atoms with van der Waals surface area (Å²) >= 11 is 0. The maximum Gasteiger partial charge on any atom is 0.123 e. The van der Waals surface area contributed by atoms with Gasteiger partial charge in [-0.1, -0.05) is 0 Å². The average molecular weight is 276 g/mol. The van der Waals surface area contributed by atoms with Gasteiger partial charge in [0.15, 0.2) is 0 Å². The van der Waals surface area contributed by atoms with Crippen molar-refractivity contribution in [3.05, 3.63) is 29.6 Å². The molecule has 0 amide bonds. The maximum atomic E-state index is 13.2. The van der Waals surface area contributed by atoms with E-state index >= 15 is 0 Å². The van der Waals surface area contributed by atoms with Crippen LogP contribution in [0, 0.1) is 17.7 Å². The Labute approximate surface area is 119 Å². The van der Waals surface area contributed by atoms with Crippen molar-refractivity contribution in [1.29, 1.82) is 0 Å². The Morgan fingerprint density at radius 3 is 3.15 bits per heavy atom. The van der Waals surface area contributed by atoms with Crippen molar-refractivity contribution in [2.45, 2.75) is 25.5 Å². The van der Waals surface area contributed by atoms with Crippen LogP contribution in [0.2, 0.25) is 0 Å². The highest BCUT2D eigenvalue weighted by atomic mass is 19.1. The smallest absolute Gasteiger partial charge is 0.123 e. The van der Waals surface area contributed by atoms with E-state index in [1.54, 1.807) is 12.1 Å². The van der Waals surface area contributed by atoms with E-state index in [0.717, 1.165) is 49.2 Å². The highest BCUT2D eigenvalue weighted by Crippen LogP contribution is 2.35. The molecule has 0 bridgehead atoms. The number of hydrogen-bond donors (Lipinski definition) is 1. The number of hydrogen-bond acceptors (Lipinski definition) is 3. The van der Waals surface area contributed by atoms with Gasteiger partial charge in [-0.25, -0.2) is 4.39 Å². The van der Waals surface area contributed by atoms with Crippen LogP contribution in [-0.2, 0) is 6.42 Å². The van der Waals surface area contributed by atoms with E-state index in [1.165, 1.54) is 12.6 Å². The molecule has 2 saturated heterocycles. The Morgan fingerprint density at radius 1 is 1.40 bits per heavy atom. The lowest BCUT2D eigenvalue weighted by molar-refractivity contribution is 0.137. The Bertz CT molecular complexity index is 521. The molecule has 0 spiro atoms. The second kappa shape index (κ2) is 4.71. The third kappa shape index (κ3) is 2.02. The van der Waals surface area contributed by atoms with E-state index in [0.29, 0.717) is 6.04 Å². The molecule has 3 aliphatic heterocycles. The molecule has 1 aromatic rings. The molecule has 0 radical (unpaired) electrons. The molecule has 2 fully saturated rings. The lowest BCUT2D eigenvalue weighted by Gasteiger charge is -2.26. The summed E-state index contributed by atoms with van der Waals surface area (Å²) in [6, 6.07) is 5.48. The second-order valence-corrected chi connectivity index (χ2v) is 6.47. The summed E-state index contributed by atoms with van der Waals surface area (Å²) in [6.45, 7) is 6.77. The van der Waals surface area contributed by atoms with E-state index < -0.39 is 0 Å². The number of likely N-dealkylation sites (tertiary alicyclic amines) is 1. The molecule has 1 N–H and O–H groups in total. The quantitative estimate of drug-likeness (QED) is 0.889. The van der Waals surface area contributed by atoms with Gasteiger partial charge in [0.25, 0.3) is 0 Å². The Morgan fingerprint density at radius 2 is 2.30 bits per heavy atom. The molecule has 108 valence electrons. The van der Waals surface area contributed by atoms with Gasteiger partial charge in [0.2, 0.25) is 0 Å². The van der Waals surface area contributed by atoms with Crippen LogP contribution in [0.15, 0.2) is 18.2 Å². The molecule has 3 heterocycles. The summed E-state index contributed by atoms with van der Waals surface area (Å²) in [5.74, 6) is 2.29. The first-order valence-electron chi connectivity index (χ1n) is 7.60. The van der Waals surface area contributed by atoms with Crippen LogP contribution in [0.5, 0.6) is 5.75 Å². The lowest BCUT2D eigenvalue weighted by atomic mass is 9.95. The zero-order chi connectivity index (χ0) is 13.7. The summed E-state index contributed by atoms with van der Waals surface area (Å²) < 4.78 is 19.2. The van der Waals surface area contributed by atoms with E-state index in [4.69, 9.17) is 4.74 Å². The summed E-state index contributed by atoms with van der Waals surface area (Å²) in [6.07, 6.45) is 1.02. The van der Waals surface area contributed by atoms with Crippen LogP contribution in [-0.4, -0.2) is 43.2 Å². The summed E-state index contributed by atoms with van der Waals surface area (Å²) in [4.78, 5) is 2.56. The van der Waals surface area contributed by atoms with Crippen molar-refractivity contribution in [1.82, 2.24) is 10.2 Å². The molecule has 1 aromatic carbocycles. The molecule has 4 unspecified atom stereocenters. The fourth-order valence-electron chi connectivity index (χ4n) is 4.15. The van der Waals surface area contributed by atoms with Crippen LogP contribution >= 0.6 is 0 Å². The van der Waals surface area contributed by atoms with Gasteiger partial charge in [-0.3, -0.25) is 4.90 Å². The number of benzene rings is 1. The van der Waals surface area contributed by atoms with Gasteiger partial charge in [0.1, 0.15) is 17.7 Å². The van der Waals surface area contributed by atoms with E-state index in [9.17, 15) is 4.39 Å². The predicted molar refractivity (Wildman–Crippen MR) is 75.4 cm³/mol. The largest absolute Gasteiger partial charge is 0.488 e. The third-order valence-corrected chi connectivity index (χ3v) is 5.26. The van der Waals surface area contributed by atoms with Gasteiger partial charge in [-0.05, 0) is 50.0 Å². The van der Waals surface area contributed by atoms with E-state index in [1.807, 2.05) is 0 Å². The SMILES string of the molecule is CC1C2CNCC2CN1CC1Cc2cc(F)ccc2O1. The minimum Gasteiger partial charge on any atom is -0.488 e. The highest BCUT2D eigenvalue weighted by Gasteiger charge is 2.42. The molecule has 20 heavy (non-hydrogen) atoms. The van der Waals surface area contributed by atoms with Gasteiger partial charge >= 0.3 is 0 Å². The Balaban J connectivity index is 1.42. The molecule has 3 aliphatic rings. The van der Waals surface area contributed by atoms with Crippen molar-refractivity contribution in [3.8, 4) is 5.75 Å². The molecule has 4 heteroatoms. The molecule has 4 atom stereocenters. The number of nitrogens with one attached hydrogen (secondary N) is 1. The van der Waals surface area contributed by atoms with E-state index in [-0.39, 0.29) is 11.9 Å². The summed E-state index contributed by atoms with van der Waals surface area (Å²) in [5, 5.41) is 3.49. The third-order valence-electron chi connectivity index (χ3n) is 5.26. The first kappa shape index (κ1) is 12.6. The molecule has 0 aliphatic carbocycles.